The van der Waals surface area contributed by atoms with Crippen LogP contribution in [-0.2, 0) is 25.6 Å². The van der Waals surface area contributed by atoms with Gasteiger partial charge in [-0.25, -0.2) is 9.48 Å². The molecule has 0 saturated carbocycles. The van der Waals surface area contributed by atoms with Crippen molar-refractivity contribution in [1.29, 1.82) is 0 Å². The number of hydrogen-bond donors (Lipinski definition) is 0. The summed E-state index contributed by atoms with van der Waals surface area (Å²) in [5, 5.41) is 8.02. The van der Waals surface area contributed by atoms with Gasteiger partial charge < -0.3 is 9.47 Å². The van der Waals surface area contributed by atoms with Crippen molar-refractivity contribution in [2.24, 2.45) is 0 Å². The molecule has 3 aromatic rings. The van der Waals surface area contributed by atoms with Crippen molar-refractivity contribution in [1.82, 2.24) is 15.0 Å². The van der Waals surface area contributed by atoms with Crippen molar-refractivity contribution in [2.75, 3.05) is 24.7 Å². The third-order valence-electron chi connectivity index (χ3n) is 4.34. The number of esters is 2. The van der Waals surface area contributed by atoms with Crippen molar-refractivity contribution in [2.45, 2.75) is 20.4 Å². The van der Waals surface area contributed by atoms with Crippen LogP contribution >= 0.6 is 0 Å². The minimum atomic E-state index is -0.666. The van der Waals surface area contributed by atoms with E-state index in [0.717, 1.165) is 5.52 Å². The molecule has 9 heteroatoms. The Kier molecular flexibility index (Phi) is 6.74. The van der Waals surface area contributed by atoms with E-state index in [4.69, 9.17) is 9.47 Å². The maximum Gasteiger partial charge on any atom is 0.338 e. The van der Waals surface area contributed by atoms with Crippen LogP contribution in [-0.4, -0.2) is 52.6 Å². The van der Waals surface area contributed by atoms with E-state index in [1.54, 1.807) is 60.1 Å². The Bertz CT molecular complexity index is 1050. The van der Waals surface area contributed by atoms with Gasteiger partial charge in [0.2, 0.25) is 0 Å². The highest BCUT2D eigenvalue weighted by Crippen LogP contribution is 2.16. The molecule has 0 N–H and O–H groups in total. The van der Waals surface area contributed by atoms with Crippen LogP contribution in [0.2, 0.25) is 0 Å². The highest BCUT2D eigenvalue weighted by atomic mass is 16.5. The molecule has 3 rings (SSSR count). The number of ether oxygens (including phenoxy) is 2. The molecule has 0 fully saturated rings. The third kappa shape index (κ3) is 4.80. The summed E-state index contributed by atoms with van der Waals surface area (Å²) in [4.78, 5) is 38.2. The zero-order chi connectivity index (χ0) is 21.5. The normalized spacial score (nSPS) is 10.6. The molecule has 0 aliphatic rings. The Morgan fingerprint density at radius 1 is 1.03 bits per heavy atom. The zero-order valence-electron chi connectivity index (χ0n) is 16.8. The summed E-state index contributed by atoms with van der Waals surface area (Å²) in [6, 6.07) is 13.5. The van der Waals surface area contributed by atoms with E-state index >= 15 is 0 Å². The molecule has 156 valence electrons. The van der Waals surface area contributed by atoms with Gasteiger partial charge in [-0.15, -0.1) is 5.10 Å². The van der Waals surface area contributed by atoms with E-state index in [-0.39, 0.29) is 18.7 Å². The first kappa shape index (κ1) is 21.0. The van der Waals surface area contributed by atoms with Crippen molar-refractivity contribution >= 4 is 34.6 Å². The van der Waals surface area contributed by atoms with E-state index in [1.807, 2.05) is 6.92 Å². The topological polar surface area (TPSA) is 104 Å². The van der Waals surface area contributed by atoms with Crippen molar-refractivity contribution in [3.05, 3.63) is 54.1 Å². The van der Waals surface area contributed by atoms with Gasteiger partial charge >= 0.3 is 11.9 Å². The molecule has 0 bridgehead atoms. The molecular formula is C21H22N4O5. The number of benzene rings is 2. The smallest absolute Gasteiger partial charge is 0.338 e. The van der Waals surface area contributed by atoms with Crippen molar-refractivity contribution in [3.8, 4) is 0 Å². The van der Waals surface area contributed by atoms with E-state index in [1.165, 1.54) is 4.90 Å². The Balaban J connectivity index is 1.69. The van der Waals surface area contributed by atoms with E-state index < -0.39 is 24.5 Å². The molecule has 1 heterocycles. The number of fused-ring (bicyclic) bond motifs is 1. The van der Waals surface area contributed by atoms with Gasteiger partial charge in [-0.05, 0) is 44.2 Å². The number of para-hydroxylation sites is 1. The highest BCUT2D eigenvalue weighted by Gasteiger charge is 2.22. The summed E-state index contributed by atoms with van der Waals surface area (Å²) in [7, 11) is 0. The Morgan fingerprint density at radius 2 is 1.80 bits per heavy atom. The Hall–Kier alpha value is -3.75. The minimum Gasteiger partial charge on any atom is -0.465 e. The average molecular weight is 410 g/mol. The van der Waals surface area contributed by atoms with Gasteiger partial charge in [-0.2, -0.15) is 0 Å². The fourth-order valence-corrected chi connectivity index (χ4v) is 2.89. The first-order valence-electron chi connectivity index (χ1n) is 9.54. The van der Waals surface area contributed by atoms with Crippen LogP contribution in [0.5, 0.6) is 0 Å². The standard InChI is InChI=1S/C21H22N4O5/c1-3-25-18-11-10-15(12-17(18)22-23-25)21(28)30-14-19(26)24(13-20(27)29-4-2)16-8-6-5-7-9-16/h5-12H,3-4,13-14H2,1-2H3. The van der Waals surface area contributed by atoms with Crippen LogP contribution in [0.25, 0.3) is 11.0 Å². The summed E-state index contributed by atoms with van der Waals surface area (Å²) in [5.74, 6) is -1.76. The second-order valence-corrected chi connectivity index (χ2v) is 6.31. The van der Waals surface area contributed by atoms with Crippen LogP contribution in [0.15, 0.2) is 48.5 Å². The van der Waals surface area contributed by atoms with Gasteiger partial charge in [0.15, 0.2) is 6.61 Å². The number of anilines is 1. The lowest BCUT2D eigenvalue weighted by molar-refractivity contribution is -0.142. The van der Waals surface area contributed by atoms with Gasteiger partial charge in [-0.1, -0.05) is 23.4 Å². The van der Waals surface area contributed by atoms with Crippen LogP contribution in [0.3, 0.4) is 0 Å². The second kappa shape index (κ2) is 9.64. The van der Waals surface area contributed by atoms with Crippen molar-refractivity contribution in [3.63, 3.8) is 0 Å². The maximum atomic E-state index is 12.7. The fourth-order valence-electron chi connectivity index (χ4n) is 2.89. The molecular weight excluding hydrogens is 388 g/mol. The average Bonchev–Trinajstić information content (AvgIpc) is 3.18. The third-order valence-corrected chi connectivity index (χ3v) is 4.34. The van der Waals surface area contributed by atoms with Crippen LogP contribution in [0, 0.1) is 0 Å². The molecule has 9 nitrogen and oxygen atoms in total. The Morgan fingerprint density at radius 3 is 2.50 bits per heavy atom. The molecule has 1 amide bonds. The largest absolute Gasteiger partial charge is 0.465 e. The van der Waals surface area contributed by atoms with Gasteiger partial charge in [0.05, 0.1) is 17.7 Å². The number of nitrogens with zero attached hydrogens (tertiary/aromatic N) is 4. The van der Waals surface area contributed by atoms with Crippen molar-refractivity contribution < 1.29 is 23.9 Å². The molecule has 0 saturated heterocycles. The van der Waals surface area contributed by atoms with E-state index in [2.05, 4.69) is 10.3 Å². The number of carbonyl (C=O) groups is 3. The van der Waals surface area contributed by atoms with Gasteiger partial charge in [-0.3, -0.25) is 14.5 Å². The molecule has 2 aromatic carbocycles. The molecule has 0 radical (unpaired) electrons. The lowest BCUT2D eigenvalue weighted by Crippen LogP contribution is -2.39. The lowest BCUT2D eigenvalue weighted by atomic mass is 10.2. The number of amides is 1. The predicted molar refractivity (Wildman–Crippen MR) is 109 cm³/mol. The number of carbonyl (C=O) groups excluding carboxylic acids is 3. The number of aromatic nitrogens is 3. The monoisotopic (exact) mass is 410 g/mol. The maximum absolute atomic E-state index is 12.7. The minimum absolute atomic E-state index is 0.204. The summed E-state index contributed by atoms with van der Waals surface area (Å²) < 4.78 is 11.8. The molecule has 0 unspecified atom stereocenters. The van der Waals surface area contributed by atoms with E-state index in [0.29, 0.717) is 17.7 Å². The summed E-state index contributed by atoms with van der Waals surface area (Å²) in [6.45, 7) is 3.69. The van der Waals surface area contributed by atoms with Crippen LogP contribution in [0.1, 0.15) is 24.2 Å². The van der Waals surface area contributed by atoms with Crippen LogP contribution < -0.4 is 4.90 Å². The summed E-state index contributed by atoms with van der Waals surface area (Å²) >= 11 is 0. The molecule has 0 aliphatic heterocycles. The number of hydrogen-bond acceptors (Lipinski definition) is 7. The highest BCUT2D eigenvalue weighted by molar-refractivity contribution is 6.00. The lowest BCUT2D eigenvalue weighted by Gasteiger charge is -2.21. The van der Waals surface area contributed by atoms with Gasteiger partial charge in [0.25, 0.3) is 5.91 Å². The molecule has 0 spiro atoms. The second-order valence-electron chi connectivity index (χ2n) is 6.31. The van der Waals surface area contributed by atoms with Gasteiger partial charge in [0.1, 0.15) is 12.1 Å². The molecule has 1 aromatic heterocycles. The zero-order valence-corrected chi connectivity index (χ0v) is 16.8. The van der Waals surface area contributed by atoms with Crippen LogP contribution in [0.4, 0.5) is 5.69 Å². The van der Waals surface area contributed by atoms with E-state index in [9.17, 15) is 14.4 Å². The first-order valence-corrected chi connectivity index (χ1v) is 9.54. The SMILES string of the molecule is CCOC(=O)CN(C(=O)COC(=O)c1ccc2c(c1)nnn2CC)c1ccccc1. The predicted octanol–water partition coefficient (Wildman–Crippen LogP) is 2.20. The van der Waals surface area contributed by atoms with Gasteiger partial charge in [0, 0.05) is 12.2 Å². The summed E-state index contributed by atoms with van der Waals surface area (Å²) in [5.41, 5.74) is 2.12. The Labute approximate surface area is 173 Å². The summed E-state index contributed by atoms with van der Waals surface area (Å²) in [6.07, 6.45) is 0. The quantitative estimate of drug-likeness (QED) is 0.525. The molecule has 0 atom stereocenters. The number of rotatable bonds is 8. The fraction of sp³-hybridized carbons (Fsp3) is 0.286. The molecule has 30 heavy (non-hydrogen) atoms. The molecule has 0 aliphatic carbocycles. The number of aryl methyl sites for hydroxylation is 1. The first-order chi connectivity index (χ1) is 14.5.